The fourth-order valence-electron chi connectivity index (χ4n) is 3.98. The van der Waals surface area contributed by atoms with E-state index in [0.29, 0.717) is 35.7 Å². The Kier molecular flexibility index (Phi) is 7.19. The maximum atomic E-state index is 13.2. The Morgan fingerprint density at radius 3 is 2.53 bits per heavy atom. The predicted octanol–water partition coefficient (Wildman–Crippen LogP) is 5.67. The van der Waals surface area contributed by atoms with Gasteiger partial charge in [0.2, 0.25) is 0 Å². The zero-order chi connectivity index (χ0) is 25.9. The van der Waals surface area contributed by atoms with Gasteiger partial charge in [-0.25, -0.2) is 0 Å². The molecule has 36 heavy (non-hydrogen) atoms. The minimum atomic E-state index is -4.48. The molecular weight excluding hydrogens is 473 g/mol. The summed E-state index contributed by atoms with van der Waals surface area (Å²) >= 11 is 0. The van der Waals surface area contributed by atoms with Crippen LogP contribution < -0.4 is 14.8 Å². The Balaban J connectivity index is 1.55. The minimum Gasteiger partial charge on any atom is -0.497 e. The lowest BCUT2D eigenvalue weighted by Gasteiger charge is -2.23. The standard InChI is InChI=1S/C27H25F3N2O4/c1-3-23-26(34)32(15-17-5-4-6-22(13-17)35-2)16-19-14-21(11-12-24(19)36-23)31-25(33)18-7-9-20(10-8-18)27(28,29)30/h4-14,23H,3,15-16H2,1-2H3,(H,31,33). The molecule has 0 aliphatic carbocycles. The van der Waals surface area contributed by atoms with Crippen molar-refractivity contribution < 1.29 is 32.2 Å². The number of methoxy groups -OCH3 is 1. The molecule has 9 heteroatoms. The molecule has 1 aliphatic rings. The lowest BCUT2D eigenvalue weighted by atomic mass is 10.1. The van der Waals surface area contributed by atoms with E-state index in [1.54, 1.807) is 30.2 Å². The van der Waals surface area contributed by atoms with E-state index < -0.39 is 23.8 Å². The van der Waals surface area contributed by atoms with Crippen molar-refractivity contribution in [3.05, 3.63) is 89.0 Å². The molecule has 1 unspecified atom stereocenters. The molecule has 6 nitrogen and oxygen atoms in total. The molecule has 1 atom stereocenters. The van der Waals surface area contributed by atoms with E-state index >= 15 is 0 Å². The van der Waals surface area contributed by atoms with Crippen LogP contribution in [0.25, 0.3) is 0 Å². The number of benzene rings is 3. The first-order valence-electron chi connectivity index (χ1n) is 11.4. The van der Waals surface area contributed by atoms with Gasteiger partial charge in [-0.3, -0.25) is 9.59 Å². The molecule has 3 aromatic rings. The molecule has 0 saturated heterocycles. The number of rotatable bonds is 6. The second-order valence-electron chi connectivity index (χ2n) is 8.41. The van der Waals surface area contributed by atoms with Crippen molar-refractivity contribution >= 4 is 17.5 Å². The van der Waals surface area contributed by atoms with Crippen molar-refractivity contribution in [1.82, 2.24) is 4.90 Å². The molecule has 0 fully saturated rings. The third-order valence-corrected chi connectivity index (χ3v) is 5.89. The van der Waals surface area contributed by atoms with Crippen molar-refractivity contribution in [1.29, 1.82) is 0 Å². The molecule has 1 heterocycles. The highest BCUT2D eigenvalue weighted by Crippen LogP contribution is 2.31. The lowest BCUT2D eigenvalue weighted by molar-refractivity contribution is -0.139. The topological polar surface area (TPSA) is 67.9 Å². The Bertz CT molecular complexity index is 1260. The Labute approximate surface area is 206 Å². The summed E-state index contributed by atoms with van der Waals surface area (Å²) in [4.78, 5) is 27.5. The summed E-state index contributed by atoms with van der Waals surface area (Å²) in [6.07, 6.45) is -4.64. The fraction of sp³-hybridized carbons (Fsp3) is 0.259. The van der Waals surface area contributed by atoms with Gasteiger partial charge in [0.25, 0.3) is 11.8 Å². The zero-order valence-corrected chi connectivity index (χ0v) is 19.8. The van der Waals surface area contributed by atoms with Crippen LogP contribution in [0, 0.1) is 0 Å². The highest BCUT2D eigenvalue weighted by Gasteiger charge is 2.31. The third kappa shape index (κ3) is 5.62. The molecule has 1 aliphatic heterocycles. The van der Waals surface area contributed by atoms with Crippen LogP contribution in [0.1, 0.15) is 40.4 Å². The van der Waals surface area contributed by atoms with Crippen LogP contribution in [0.3, 0.4) is 0 Å². The number of hydrogen-bond acceptors (Lipinski definition) is 4. The van der Waals surface area contributed by atoms with Crippen LogP contribution in [0.5, 0.6) is 11.5 Å². The summed E-state index contributed by atoms with van der Waals surface area (Å²) in [7, 11) is 1.58. The Morgan fingerprint density at radius 2 is 1.86 bits per heavy atom. The summed E-state index contributed by atoms with van der Waals surface area (Å²) in [5.74, 6) is 0.531. The van der Waals surface area contributed by atoms with Gasteiger partial charge in [0, 0.05) is 29.9 Å². The second-order valence-corrected chi connectivity index (χ2v) is 8.41. The minimum absolute atomic E-state index is 0.0927. The van der Waals surface area contributed by atoms with E-state index in [4.69, 9.17) is 9.47 Å². The second kappa shape index (κ2) is 10.3. The molecule has 0 spiro atoms. The molecule has 0 aromatic heterocycles. The number of carbonyl (C=O) groups excluding carboxylic acids is 2. The van der Waals surface area contributed by atoms with E-state index in [0.717, 1.165) is 29.8 Å². The first-order valence-corrected chi connectivity index (χ1v) is 11.4. The first-order chi connectivity index (χ1) is 17.2. The SMILES string of the molecule is CCC1Oc2ccc(NC(=O)c3ccc(C(F)(F)F)cc3)cc2CN(Cc2cccc(OC)c2)C1=O. The van der Waals surface area contributed by atoms with Gasteiger partial charge in [0.15, 0.2) is 6.10 Å². The number of amides is 2. The average Bonchev–Trinajstić information content (AvgIpc) is 2.99. The van der Waals surface area contributed by atoms with Crippen LogP contribution in [-0.4, -0.2) is 29.9 Å². The van der Waals surface area contributed by atoms with Gasteiger partial charge < -0.3 is 19.7 Å². The summed E-state index contributed by atoms with van der Waals surface area (Å²) in [6.45, 7) is 2.47. The lowest BCUT2D eigenvalue weighted by Crippen LogP contribution is -2.38. The van der Waals surface area contributed by atoms with Gasteiger partial charge in [0.05, 0.1) is 12.7 Å². The number of alkyl halides is 3. The van der Waals surface area contributed by atoms with E-state index in [1.165, 1.54) is 0 Å². The molecule has 4 rings (SSSR count). The smallest absolute Gasteiger partial charge is 0.416 e. The van der Waals surface area contributed by atoms with Gasteiger partial charge in [0.1, 0.15) is 11.5 Å². The highest BCUT2D eigenvalue weighted by molar-refractivity contribution is 6.04. The fourth-order valence-corrected chi connectivity index (χ4v) is 3.98. The van der Waals surface area contributed by atoms with Crippen LogP contribution in [0.2, 0.25) is 0 Å². The Hall–Kier alpha value is -4.01. The van der Waals surface area contributed by atoms with Gasteiger partial charge in [-0.1, -0.05) is 19.1 Å². The summed E-state index contributed by atoms with van der Waals surface area (Å²) < 4.78 is 49.7. The number of nitrogens with one attached hydrogen (secondary N) is 1. The number of ether oxygens (including phenoxy) is 2. The van der Waals surface area contributed by atoms with E-state index in [-0.39, 0.29) is 18.0 Å². The van der Waals surface area contributed by atoms with Crippen molar-refractivity contribution in [2.24, 2.45) is 0 Å². The monoisotopic (exact) mass is 498 g/mol. The number of anilines is 1. The molecule has 0 saturated carbocycles. The number of carbonyl (C=O) groups is 2. The average molecular weight is 499 g/mol. The van der Waals surface area contributed by atoms with Gasteiger partial charge in [-0.05, 0) is 66.6 Å². The summed E-state index contributed by atoms with van der Waals surface area (Å²) in [6, 6.07) is 16.5. The third-order valence-electron chi connectivity index (χ3n) is 5.89. The van der Waals surface area contributed by atoms with Gasteiger partial charge in [-0.2, -0.15) is 13.2 Å². The van der Waals surface area contributed by atoms with Crippen molar-refractivity contribution in [2.75, 3.05) is 12.4 Å². The number of hydrogen-bond donors (Lipinski definition) is 1. The van der Waals surface area contributed by atoms with Crippen molar-refractivity contribution in [3.63, 3.8) is 0 Å². The van der Waals surface area contributed by atoms with Crippen molar-refractivity contribution in [3.8, 4) is 11.5 Å². The summed E-state index contributed by atoms with van der Waals surface area (Å²) in [5, 5.41) is 2.71. The van der Waals surface area contributed by atoms with Gasteiger partial charge in [-0.15, -0.1) is 0 Å². The number of halogens is 3. The molecule has 3 aromatic carbocycles. The Morgan fingerprint density at radius 1 is 1.11 bits per heavy atom. The summed E-state index contributed by atoms with van der Waals surface area (Å²) in [5.41, 5.74) is 1.30. The highest BCUT2D eigenvalue weighted by atomic mass is 19.4. The molecule has 188 valence electrons. The normalized spacial score (nSPS) is 15.5. The van der Waals surface area contributed by atoms with E-state index in [9.17, 15) is 22.8 Å². The largest absolute Gasteiger partial charge is 0.497 e. The van der Waals surface area contributed by atoms with E-state index in [2.05, 4.69) is 5.32 Å². The quantitative estimate of drug-likeness (QED) is 0.476. The maximum absolute atomic E-state index is 13.2. The first kappa shape index (κ1) is 25.1. The maximum Gasteiger partial charge on any atom is 0.416 e. The van der Waals surface area contributed by atoms with Crippen LogP contribution in [0.15, 0.2) is 66.7 Å². The van der Waals surface area contributed by atoms with E-state index in [1.807, 2.05) is 31.2 Å². The van der Waals surface area contributed by atoms with Crippen LogP contribution in [0.4, 0.5) is 18.9 Å². The predicted molar refractivity (Wildman–Crippen MR) is 128 cm³/mol. The zero-order valence-electron chi connectivity index (χ0n) is 19.8. The molecule has 1 N–H and O–H groups in total. The van der Waals surface area contributed by atoms with Crippen molar-refractivity contribution in [2.45, 2.75) is 38.7 Å². The molecule has 2 amide bonds. The van der Waals surface area contributed by atoms with Crippen LogP contribution >= 0.6 is 0 Å². The number of fused-ring (bicyclic) bond motifs is 1. The van der Waals surface area contributed by atoms with Crippen LogP contribution in [-0.2, 0) is 24.1 Å². The number of nitrogens with zero attached hydrogens (tertiary/aromatic N) is 1. The van der Waals surface area contributed by atoms with Gasteiger partial charge >= 0.3 is 6.18 Å². The molecule has 0 radical (unpaired) electrons. The molecular formula is C27H25F3N2O4. The molecule has 0 bridgehead atoms.